The summed E-state index contributed by atoms with van der Waals surface area (Å²) in [5.74, 6) is 0.440. The van der Waals surface area contributed by atoms with Crippen LogP contribution < -0.4 is 10.6 Å². The molecule has 0 saturated carbocycles. The molecule has 0 aliphatic rings. The van der Waals surface area contributed by atoms with E-state index in [4.69, 9.17) is 0 Å². The summed E-state index contributed by atoms with van der Waals surface area (Å²) in [6.45, 7) is 9.72. The Morgan fingerprint density at radius 2 is 0.975 bits per heavy atom. The smallest absolute Gasteiger partial charge is 0.219 e. The SMILES string of the molecule is C=CCCCCCCCC(=O)NCCC[N+](C)(C)C.CC/C=C/CCCCCCCC(=O)NCCC[N+](C)(C)C. The van der Waals surface area contributed by atoms with Crippen LogP contribution in [0, 0.1) is 0 Å². The van der Waals surface area contributed by atoms with Crippen LogP contribution >= 0.6 is 0 Å². The molecule has 2 N–H and O–H groups in total. The Hall–Kier alpha value is -1.66. The van der Waals surface area contributed by atoms with Crippen LogP contribution in [0.15, 0.2) is 24.8 Å². The molecule has 0 heterocycles. The highest BCUT2D eigenvalue weighted by Crippen LogP contribution is 2.08. The van der Waals surface area contributed by atoms with Crippen LogP contribution in [0.25, 0.3) is 0 Å². The number of hydrogen-bond acceptors (Lipinski definition) is 2. The van der Waals surface area contributed by atoms with Gasteiger partial charge in [-0.15, -0.1) is 6.58 Å². The highest BCUT2D eigenvalue weighted by atomic mass is 16.2. The van der Waals surface area contributed by atoms with Crippen LogP contribution in [0.1, 0.15) is 116 Å². The predicted molar refractivity (Wildman–Crippen MR) is 175 cm³/mol. The number of rotatable bonds is 25. The largest absolute Gasteiger partial charge is 0.356 e. The Morgan fingerprint density at radius 3 is 1.38 bits per heavy atom. The van der Waals surface area contributed by atoms with Crippen molar-refractivity contribution in [1.29, 1.82) is 0 Å². The third-order valence-electron chi connectivity index (χ3n) is 6.64. The van der Waals surface area contributed by atoms with Crippen molar-refractivity contribution >= 4 is 11.8 Å². The minimum atomic E-state index is 0.215. The second-order valence-corrected chi connectivity index (χ2v) is 13.2. The normalized spacial score (nSPS) is 11.7. The molecular weight excluding hydrogens is 496 g/mol. The molecule has 0 unspecified atom stereocenters. The number of amides is 2. The molecule has 0 aromatic rings. The Labute approximate surface area is 250 Å². The maximum Gasteiger partial charge on any atom is 0.219 e. The Morgan fingerprint density at radius 1 is 0.575 bits per heavy atom. The summed E-state index contributed by atoms with van der Waals surface area (Å²) in [4.78, 5) is 23.2. The number of carbonyl (C=O) groups excluding carboxylic acids is 2. The molecular formula is C34H70N4O2+2. The van der Waals surface area contributed by atoms with Crippen LogP contribution in [-0.2, 0) is 9.59 Å². The van der Waals surface area contributed by atoms with Crippen LogP contribution in [0.5, 0.6) is 0 Å². The standard InChI is InChI=1S/C18H36N2O.C16H32N2O/c1-5-6-7-8-9-10-11-12-13-15-18(21)19-16-14-17-20(2,3)4;1-5-6-7-8-9-10-11-13-16(19)17-14-12-15-18(2,3)4/h6-7H,5,8-17H2,1-4H3;5H,1,6-15H2,2-4H3/p+2/b7-6+;. The molecule has 0 aliphatic carbocycles. The fourth-order valence-corrected chi connectivity index (χ4v) is 4.21. The van der Waals surface area contributed by atoms with Crippen molar-refractivity contribution in [3.63, 3.8) is 0 Å². The van der Waals surface area contributed by atoms with E-state index in [0.29, 0.717) is 12.8 Å². The summed E-state index contributed by atoms with van der Waals surface area (Å²) < 4.78 is 1.92. The Bertz CT molecular complexity index is 633. The summed E-state index contributed by atoms with van der Waals surface area (Å²) >= 11 is 0. The average Bonchev–Trinajstić information content (AvgIpc) is 2.87. The zero-order chi connectivity index (χ0) is 30.5. The van der Waals surface area contributed by atoms with Gasteiger partial charge in [0.05, 0.1) is 55.4 Å². The van der Waals surface area contributed by atoms with Crippen molar-refractivity contribution in [2.45, 2.75) is 116 Å². The predicted octanol–water partition coefficient (Wildman–Crippen LogP) is 7.01. The van der Waals surface area contributed by atoms with Gasteiger partial charge in [0.1, 0.15) is 0 Å². The van der Waals surface area contributed by atoms with E-state index in [1.807, 2.05) is 6.08 Å². The van der Waals surface area contributed by atoms with Crippen molar-refractivity contribution in [3.8, 4) is 0 Å². The summed E-state index contributed by atoms with van der Waals surface area (Å²) in [5.41, 5.74) is 0. The zero-order valence-electron chi connectivity index (χ0n) is 28.0. The molecule has 0 spiro atoms. The first-order valence-corrected chi connectivity index (χ1v) is 16.3. The van der Waals surface area contributed by atoms with Crippen molar-refractivity contribution in [3.05, 3.63) is 24.8 Å². The second kappa shape index (κ2) is 27.5. The third kappa shape index (κ3) is 38.5. The molecule has 40 heavy (non-hydrogen) atoms. The molecule has 0 aromatic heterocycles. The van der Waals surface area contributed by atoms with E-state index in [0.717, 1.165) is 73.7 Å². The van der Waals surface area contributed by atoms with E-state index in [-0.39, 0.29) is 11.8 Å². The van der Waals surface area contributed by atoms with E-state index >= 15 is 0 Å². The highest BCUT2D eigenvalue weighted by molar-refractivity contribution is 5.76. The van der Waals surface area contributed by atoms with E-state index in [1.54, 1.807) is 0 Å². The average molecular weight is 567 g/mol. The fraction of sp³-hybridized carbons (Fsp3) is 0.824. The minimum Gasteiger partial charge on any atom is -0.356 e. The number of unbranched alkanes of at least 4 members (excludes halogenated alkanes) is 10. The maximum atomic E-state index is 11.6. The van der Waals surface area contributed by atoms with E-state index in [1.165, 1.54) is 57.8 Å². The number of nitrogens with zero attached hydrogens (tertiary/aromatic N) is 2. The van der Waals surface area contributed by atoms with Gasteiger partial charge in [-0.3, -0.25) is 9.59 Å². The zero-order valence-corrected chi connectivity index (χ0v) is 28.0. The number of carbonyl (C=O) groups is 2. The van der Waals surface area contributed by atoms with Crippen LogP contribution in [0.2, 0.25) is 0 Å². The van der Waals surface area contributed by atoms with Gasteiger partial charge in [-0.05, 0) is 44.9 Å². The van der Waals surface area contributed by atoms with E-state index < -0.39 is 0 Å². The first kappa shape index (κ1) is 40.5. The van der Waals surface area contributed by atoms with Crippen LogP contribution in [-0.4, -0.2) is 89.2 Å². The first-order chi connectivity index (χ1) is 18.9. The van der Waals surface area contributed by atoms with Crippen molar-refractivity contribution in [2.75, 3.05) is 68.5 Å². The monoisotopic (exact) mass is 567 g/mol. The quantitative estimate of drug-likeness (QED) is 0.0709. The van der Waals surface area contributed by atoms with Gasteiger partial charge in [-0.1, -0.05) is 63.7 Å². The molecule has 236 valence electrons. The summed E-state index contributed by atoms with van der Waals surface area (Å²) in [7, 11) is 13.1. The molecule has 6 nitrogen and oxygen atoms in total. The second-order valence-electron chi connectivity index (χ2n) is 13.2. The van der Waals surface area contributed by atoms with Crippen molar-refractivity contribution in [2.24, 2.45) is 0 Å². The molecule has 0 saturated heterocycles. The molecule has 0 rings (SSSR count). The van der Waals surface area contributed by atoms with Crippen LogP contribution in [0.3, 0.4) is 0 Å². The molecule has 0 aliphatic heterocycles. The Balaban J connectivity index is 0. The summed E-state index contributed by atoms with van der Waals surface area (Å²) in [6.07, 6.45) is 25.4. The van der Waals surface area contributed by atoms with Crippen LogP contribution in [0.4, 0.5) is 0 Å². The molecule has 0 radical (unpaired) electrons. The molecule has 0 fully saturated rings. The summed E-state index contributed by atoms with van der Waals surface area (Å²) in [6, 6.07) is 0. The first-order valence-electron chi connectivity index (χ1n) is 16.3. The number of quaternary nitrogens is 2. The maximum absolute atomic E-state index is 11.6. The fourth-order valence-electron chi connectivity index (χ4n) is 4.21. The lowest BCUT2D eigenvalue weighted by atomic mass is 10.1. The number of nitrogens with one attached hydrogen (secondary N) is 2. The number of allylic oxidation sites excluding steroid dienone is 3. The van der Waals surface area contributed by atoms with Gasteiger partial charge in [0.25, 0.3) is 0 Å². The van der Waals surface area contributed by atoms with Gasteiger partial charge in [0.2, 0.25) is 11.8 Å². The molecule has 0 atom stereocenters. The summed E-state index contributed by atoms with van der Waals surface area (Å²) in [5, 5.41) is 6.03. The van der Waals surface area contributed by atoms with Gasteiger partial charge >= 0.3 is 0 Å². The van der Waals surface area contributed by atoms with Crippen molar-refractivity contribution in [1.82, 2.24) is 10.6 Å². The van der Waals surface area contributed by atoms with E-state index in [9.17, 15) is 9.59 Å². The van der Waals surface area contributed by atoms with Gasteiger partial charge in [-0.25, -0.2) is 0 Å². The van der Waals surface area contributed by atoms with Gasteiger partial charge in [0.15, 0.2) is 0 Å². The lowest BCUT2D eigenvalue weighted by molar-refractivity contribution is -0.870. The lowest BCUT2D eigenvalue weighted by Gasteiger charge is -2.23. The van der Waals surface area contributed by atoms with Gasteiger partial charge in [-0.2, -0.15) is 0 Å². The third-order valence-corrected chi connectivity index (χ3v) is 6.64. The number of hydrogen-bond donors (Lipinski definition) is 2. The molecule has 0 bridgehead atoms. The molecule has 6 heteroatoms. The van der Waals surface area contributed by atoms with Gasteiger partial charge < -0.3 is 19.6 Å². The molecule has 0 aromatic carbocycles. The minimum absolute atomic E-state index is 0.215. The Kier molecular flexibility index (Phi) is 27.8. The van der Waals surface area contributed by atoms with E-state index in [2.05, 4.69) is 78.6 Å². The lowest BCUT2D eigenvalue weighted by Crippen LogP contribution is -2.37. The molecule has 2 amide bonds. The van der Waals surface area contributed by atoms with Gasteiger partial charge in [0, 0.05) is 38.8 Å². The highest BCUT2D eigenvalue weighted by Gasteiger charge is 2.07. The topological polar surface area (TPSA) is 58.2 Å². The van der Waals surface area contributed by atoms with Crippen molar-refractivity contribution < 1.29 is 18.6 Å².